The van der Waals surface area contributed by atoms with Crippen LogP contribution in [0.2, 0.25) is 0 Å². The summed E-state index contributed by atoms with van der Waals surface area (Å²) in [5.74, 6) is -0.624. The third-order valence-corrected chi connectivity index (χ3v) is 5.07. The van der Waals surface area contributed by atoms with E-state index in [-0.39, 0.29) is 18.8 Å². The van der Waals surface area contributed by atoms with E-state index in [0.29, 0.717) is 42.3 Å². The lowest BCUT2D eigenvalue weighted by molar-refractivity contribution is -0.142. The van der Waals surface area contributed by atoms with Crippen LogP contribution >= 0.6 is 0 Å². The van der Waals surface area contributed by atoms with Gasteiger partial charge in [-0.15, -0.1) is 0 Å². The van der Waals surface area contributed by atoms with E-state index in [1.807, 2.05) is 24.3 Å². The molecule has 0 N–H and O–H groups in total. The first kappa shape index (κ1) is 22.0. The second-order valence-corrected chi connectivity index (χ2v) is 7.82. The third-order valence-electron chi connectivity index (χ3n) is 5.07. The molecule has 168 valence electrons. The predicted molar refractivity (Wildman–Crippen MR) is 111 cm³/mol. The average Bonchev–Trinajstić information content (AvgIpc) is 3.61. The van der Waals surface area contributed by atoms with E-state index in [2.05, 4.69) is 0 Å². The first-order valence-electron chi connectivity index (χ1n) is 10.3. The van der Waals surface area contributed by atoms with Crippen LogP contribution in [-0.2, 0) is 41.6 Å². The zero-order valence-corrected chi connectivity index (χ0v) is 18.1. The quantitative estimate of drug-likeness (QED) is 0.350. The second-order valence-electron chi connectivity index (χ2n) is 7.82. The second kappa shape index (κ2) is 9.10. The van der Waals surface area contributed by atoms with Gasteiger partial charge in [0.1, 0.15) is 30.3 Å². The highest BCUT2D eigenvalue weighted by Gasteiger charge is 2.29. The Bertz CT molecular complexity index is 1070. The maximum absolute atomic E-state index is 11.9. The van der Waals surface area contributed by atoms with Crippen molar-refractivity contribution in [1.29, 1.82) is 0 Å². The number of hydrogen-bond donors (Lipinski definition) is 0. The molecule has 2 atom stereocenters. The van der Waals surface area contributed by atoms with Crippen LogP contribution < -0.4 is 9.47 Å². The summed E-state index contributed by atoms with van der Waals surface area (Å²) in [6, 6.07) is 9.27. The Balaban J connectivity index is 1.77. The van der Waals surface area contributed by atoms with Crippen molar-refractivity contribution >= 4 is 17.9 Å². The normalized spacial score (nSPS) is 18.6. The Kier molecular flexibility index (Phi) is 6.25. The number of rotatable bonds is 8. The molecular weight excluding hydrogens is 416 g/mol. The van der Waals surface area contributed by atoms with Crippen LogP contribution in [0.4, 0.5) is 0 Å². The Labute approximate surface area is 185 Å². The first-order chi connectivity index (χ1) is 15.3. The molecule has 2 heterocycles. The molecule has 0 spiro atoms. The van der Waals surface area contributed by atoms with E-state index in [1.54, 1.807) is 6.07 Å². The van der Waals surface area contributed by atoms with E-state index in [0.717, 1.165) is 16.7 Å². The molecule has 2 aromatic carbocycles. The number of hydrogen-bond acceptors (Lipinski definition) is 8. The van der Waals surface area contributed by atoms with E-state index in [4.69, 9.17) is 23.7 Å². The molecule has 0 amide bonds. The average molecular weight is 440 g/mol. The van der Waals surface area contributed by atoms with Crippen molar-refractivity contribution in [2.75, 3.05) is 13.2 Å². The first-order valence-corrected chi connectivity index (χ1v) is 10.3. The molecule has 2 fully saturated rings. The van der Waals surface area contributed by atoms with Crippen LogP contribution in [-0.4, -0.2) is 31.1 Å². The molecule has 32 heavy (non-hydrogen) atoms. The van der Waals surface area contributed by atoms with Gasteiger partial charge >= 0.3 is 17.9 Å². The minimum atomic E-state index is -0.494. The van der Waals surface area contributed by atoms with Gasteiger partial charge in [-0.2, -0.15) is 0 Å². The lowest BCUT2D eigenvalue weighted by Crippen LogP contribution is -2.11. The van der Waals surface area contributed by atoms with Crippen LogP contribution in [0.3, 0.4) is 0 Å². The Morgan fingerprint density at radius 3 is 2.00 bits per heavy atom. The maximum atomic E-state index is 11.9. The fourth-order valence-corrected chi connectivity index (χ4v) is 3.54. The van der Waals surface area contributed by atoms with Crippen molar-refractivity contribution in [2.45, 2.75) is 46.0 Å². The fraction of sp³-hybridized carbons (Fsp3) is 0.375. The topological polar surface area (TPSA) is 104 Å². The number of carbonyl (C=O) groups excluding carboxylic acids is 3. The standard InChI is InChI=1S/C24H24O8/c1-13(25)28-10-20-9-18(23-12-30-23)8-19(24(20)32-15(3)27)7-17-6-16(22-11-29-22)4-5-21(17)31-14(2)26/h4-6,8-9,22-23H,7,10-12H2,1-3H3. The van der Waals surface area contributed by atoms with Gasteiger partial charge in [-0.3, -0.25) is 14.4 Å². The summed E-state index contributed by atoms with van der Waals surface area (Å²) in [5.41, 5.74) is 3.88. The van der Waals surface area contributed by atoms with Gasteiger partial charge in [0, 0.05) is 38.3 Å². The van der Waals surface area contributed by atoms with E-state index < -0.39 is 17.9 Å². The van der Waals surface area contributed by atoms with E-state index in [1.165, 1.54) is 20.8 Å². The molecule has 2 aliphatic heterocycles. The van der Waals surface area contributed by atoms with Crippen molar-refractivity contribution in [3.63, 3.8) is 0 Å². The minimum absolute atomic E-state index is 0.0267. The molecular formula is C24H24O8. The third kappa shape index (κ3) is 5.52. The number of carbonyl (C=O) groups is 3. The molecule has 2 unspecified atom stereocenters. The van der Waals surface area contributed by atoms with Gasteiger partial charge in [0.2, 0.25) is 0 Å². The highest BCUT2D eigenvalue weighted by molar-refractivity contribution is 5.72. The van der Waals surface area contributed by atoms with Crippen LogP contribution in [0.15, 0.2) is 30.3 Å². The van der Waals surface area contributed by atoms with Crippen molar-refractivity contribution in [3.8, 4) is 11.5 Å². The highest BCUT2D eigenvalue weighted by Crippen LogP contribution is 2.39. The van der Waals surface area contributed by atoms with Crippen molar-refractivity contribution < 1.29 is 38.1 Å². The van der Waals surface area contributed by atoms with Gasteiger partial charge in [-0.05, 0) is 41.0 Å². The monoisotopic (exact) mass is 440 g/mol. The largest absolute Gasteiger partial charge is 0.461 e. The highest BCUT2D eigenvalue weighted by atomic mass is 16.6. The van der Waals surface area contributed by atoms with Crippen molar-refractivity contribution in [1.82, 2.24) is 0 Å². The minimum Gasteiger partial charge on any atom is -0.461 e. The molecule has 0 aliphatic carbocycles. The summed E-state index contributed by atoms with van der Waals surface area (Å²) in [6.07, 6.45) is 0.286. The van der Waals surface area contributed by atoms with Crippen molar-refractivity contribution in [2.24, 2.45) is 0 Å². The van der Waals surface area contributed by atoms with Crippen LogP contribution in [0.25, 0.3) is 0 Å². The van der Waals surface area contributed by atoms with Gasteiger partial charge in [0.15, 0.2) is 0 Å². The smallest absolute Gasteiger partial charge is 0.308 e. The summed E-state index contributed by atoms with van der Waals surface area (Å²) < 4.78 is 27.0. The Hall–Kier alpha value is -3.23. The van der Waals surface area contributed by atoms with Crippen molar-refractivity contribution in [3.05, 3.63) is 58.1 Å². The van der Waals surface area contributed by atoms with Crippen LogP contribution in [0.5, 0.6) is 11.5 Å². The number of epoxide rings is 2. The van der Waals surface area contributed by atoms with Gasteiger partial charge in [-0.1, -0.05) is 6.07 Å². The SMILES string of the molecule is CC(=O)OCc1cc(C2CO2)cc(Cc2cc(C3CO3)ccc2OC(C)=O)c1OC(C)=O. The zero-order valence-electron chi connectivity index (χ0n) is 18.1. The molecule has 0 saturated carbocycles. The summed E-state index contributed by atoms with van der Waals surface area (Å²) in [7, 11) is 0. The summed E-state index contributed by atoms with van der Waals surface area (Å²) in [6.45, 7) is 5.16. The molecule has 0 aromatic heterocycles. The van der Waals surface area contributed by atoms with E-state index in [9.17, 15) is 14.4 Å². The molecule has 2 aliphatic rings. The van der Waals surface area contributed by atoms with E-state index >= 15 is 0 Å². The fourth-order valence-electron chi connectivity index (χ4n) is 3.54. The zero-order chi connectivity index (χ0) is 22.8. The molecule has 8 heteroatoms. The summed E-state index contributed by atoms with van der Waals surface area (Å²) >= 11 is 0. The Morgan fingerprint density at radius 2 is 1.41 bits per heavy atom. The summed E-state index contributed by atoms with van der Waals surface area (Å²) in [4.78, 5) is 34.9. The molecule has 4 rings (SSSR count). The number of benzene rings is 2. The number of esters is 3. The van der Waals surface area contributed by atoms with Crippen LogP contribution in [0, 0.1) is 0 Å². The molecule has 2 saturated heterocycles. The molecule has 0 radical (unpaired) electrons. The maximum Gasteiger partial charge on any atom is 0.308 e. The molecule has 0 bridgehead atoms. The van der Waals surface area contributed by atoms with Gasteiger partial charge in [0.25, 0.3) is 0 Å². The Morgan fingerprint density at radius 1 is 0.812 bits per heavy atom. The van der Waals surface area contributed by atoms with Crippen LogP contribution in [0.1, 0.15) is 60.8 Å². The predicted octanol–water partition coefficient (Wildman–Crippen LogP) is 3.33. The summed E-state index contributed by atoms with van der Waals surface area (Å²) in [5, 5.41) is 0. The lowest BCUT2D eigenvalue weighted by atomic mass is 9.95. The lowest BCUT2D eigenvalue weighted by Gasteiger charge is -2.18. The van der Waals surface area contributed by atoms with Gasteiger partial charge < -0.3 is 23.7 Å². The van der Waals surface area contributed by atoms with Gasteiger partial charge in [0.05, 0.1) is 13.2 Å². The van der Waals surface area contributed by atoms with Gasteiger partial charge in [-0.25, -0.2) is 0 Å². The molecule has 2 aromatic rings. The molecule has 8 nitrogen and oxygen atoms in total. The number of ether oxygens (including phenoxy) is 5.